The minimum atomic E-state index is 0.432. The molecule has 0 amide bonds. The van der Waals surface area contributed by atoms with Crippen LogP contribution in [0.25, 0.3) is 11.6 Å². The van der Waals surface area contributed by atoms with Crippen molar-refractivity contribution in [3.8, 4) is 11.6 Å². The second kappa shape index (κ2) is 5.14. The van der Waals surface area contributed by atoms with Crippen LogP contribution in [-0.4, -0.2) is 19.5 Å². The molecule has 2 rings (SSSR count). The Balaban J connectivity index is 2.53. The maximum absolute atomic E-state index is 6.09. The van der Waals surface area contributed by atoms with Gasteiger partial charge in [0.15, 0.2) is 11.6 Å². The summed E-state index contributed by atoms with van der Waals surface area (Å²) in [7, 11) is 1.90. The largest absolute Gasteiger partial charge is 0.331 e. The lowest BCUT2D eigenvalue weighted by Crippen LogP contribution is -2.02. The van der Waals surface area contributed by atoms with Crippen molar-refractivity contribution in [1.29, 1.82) is 0 Å². The molecule has 0 saturated carbocycles. The number of aryl methyl sites for hydroxylation is 2. The summed E-state index contributed by atoms with van der Waals surface area (Å²) in [6.07, 6.45) is 5.44. The summed E-state index contributed by atoms with van der Waals surface area (Å²) < 4.78 is 2.65. The predicted molar refractivity (Wildman–Crippen MR) is 70.9 cm³/mol. The molecule has 2 aromatic heterocycles. The highest BCUT2D eigenvalue weighted by molar-refractivity contribution is 9.10. The Morgan fingerprint density at radius 1 is 1.41 bits per heavy atom. The second-order valence-corrected chi connectivity index (χ2v) is 4.86. The number of nitrogens with zero attached hydrogens (tertiary/aromatic N) is 4. The second-order valence-electron chi connectivity index (χ2n) is 3.71. The Morgan fingerprint density at radius 3 is 2.76 bits per heavy atom. The average molecular weight is 316 g/mol. The summed E-state index contributed by atoms with van der Waals surface area (Å²) in [4.78, 5) is 13.0. The molecule has 0 unspecified atom stereocenters. The zero-order valence-corrected chi connectivity index (χ0v) is 12.0. The number of imidazole rings is 1. The molecule has 2 aromatic rings. The molecular weight excluding hydrogens is 304 g/mol. The zero-order valence-electron chi connectivity index (χ0n) is 9.61. The van der Waals surface area contributed by atoms with Gasteiger partial charge in [0.25, 0.3) is 0 Å². The molecule has 2 heterocycles. The fraction of sp³-hybridized carbons (Fsp3) is 0.364. The van der Waals surface area contributed by atoms with Crippen molar-refractivity contribution >= 4 is 27.5 Å². The third kappa shape index (κ3) is 2.50. The quantitative estimate of drug-likeness (QED) is 0.817. The molecule has 0 saturated heterocycles. The van der Waals surface area contributed by atoms with Crippen LogP contribution in [0, 0.1) is 0 Å². The van der Waals surface area contributed by atoms with Gasteiger partial charge in [-0.05, 0) is 22.4 Å². The molecule has 0 aromatic carbocycles. The average Bonchev–Trinajstić information content (AvgIpc) is 2.71. The lowest BCUT2D eigenvalue weighted by molar-refractivity contribution is 0.852. The van der Waals surface area contributed by atoms with Gasteiger partial charge in [-0.2, -0.15) is 0 Å². The van der Waals surface area contributed by atoms with Crippen LogP contribution in [0.1, 0.15) is 19.0 Å². The van der Waals surface area contributed by atoms with E-state index in [1.54, 1.807) is 6.20 Å². The van der Waals surface area contributed by atoms with Gasteiger partial charge in [-0.3, -0.25) is 0 Å². The lowest BCUT2D eigenvalue weighted by atomic mass is 10.2. The van der Waals surface area contributed by atoms with Crippen molar-refractivity contribution in [2.24, 2.45) is 7.05 Å². The minimum Gasteiger partial charge on any atom is -0.331 e. The minimum absolute atomic E-state index is 0.432. The van der Waals surface area contributed by atoms with Crippen LogP contribution in [0.5, 0.6) is 0 Å². The number of halogens is 2. The van der Waals surface area contributed by atoms with Crippen LogP contribution < -0.4 is 0 Å². The van der Waals surface area contributed by atoms with Gasteiger partial charge >= 0.3 is 0 Å². The van der Waals surface area contributed by atoms with Crippen molar-refractivity contribution in [2.75, 3.05) is 0 Å². The van der Waals surface area contributed by atoms with E-state index in [1.807, 2.05) is 17.8 Å². The van der Waals surface area contributed by atoms with Crippen molar-refractivity contribution < 1.29 is 0 Å². The molecule has 0 fully saturated rings. The first-order valence-corrected chi connectivity index (χ1v) is 6.50. The smallest absolute Gasteiger partial charge is 0.197 e. The molecule has 0 aliphatic rings. The van der Waals surface area contributed by atoms with Gasteiger partial charge in [0.2, 0.25) is 0 Å². The third-order valence-corrected chi connectivity index (χ3v) is 3.72. The van der Waals surface area contributed by atoms with E-state index in [1.165, 1.54) is 0 Å². The molecule has 17 heavy (non-hydrogen) atoms. The van der Waals surface area contributed by atoms with Crippen LogP contribution in [0.2, 0.25) is 5.15 Å². The van der Waals surface area contributed by atoms with E-state index in [9.17, 15) is 0 Å². The summed E-state index contributed by atoms with van der Waals surface area (Å²) in [6, 6.07) is 0. The Bertz CT molecular complexity index is 538. The molecular formula is C11H12BrClN4. The van der Waals surface area contributed by atoms with E-state index in [2.05, 4.69) is 37.8 Å². The number of rotatable bonds is 3. The van der Waals surface area contributed by atoms with E-state index in [4.69, 9.17) is 11.6 Å². The molecule has 0 atom stereocenters. The van der Waals surface area contributed by atoms with Crippen molar-refractivity contribution in [3.05, 3.63) is 27.7 Å². The summed E-state index contributed by atoms with van der Waals surface area (Å²) in [5.74, 6) is 1.28. The summed E-state index contributed by atoms with van der Waals surface area (Å²) in [5.41, 5.74) is 0.922. The Hall–Kier alpha value is -0.940. The normalized spacial score (nSPS) is 10.8. The Labute approximate surface area is 113 Å². The van der Waals surface area contributed by atoms with Gasteiger partial charge in [0, 0.05) is 19.4 Å². The van der Waals surface area contributed by atoms with E-state index >= 15 is 0 Å². The number of hydrogen-bond donors (Lipinski definition) is 0. The fourth-order valence-electron chi connectivity index (χ4n) is 1.55. The topological polar surface area (TPSA) is 43.6 Å². The summed E-state index contributed by atoms with van der Waals surface area (Å²) in [5, 5.41) is 0.432. The maximum Gasteiger partial charge on any atom is 0.197 e. The first kappa shape index (κ1) is 12.5. The Morgan fingerprint density at radius 2 is 2.18 bits per heavy atom. The zero-order chi connectivity index (χ0) is 12.4. The van der Waals surface area contributed by atoms with Crippen LogP contribution in [0.4, 0.5) is 0 Å². The first-order chi connectivity index (χ1) is 8.13. The molecule has 0 spiro atoms. The number of aromatic nitrogens is 4. The van der Waals surface area contributed by atoms with Crippen LogP contribution in [0.15, 0.2) is 16.9 Å². The van der Waals surface area contributed by atoms with E-state index in [-0.39, 0.29) is 0 Å². The standard InChI is InChI=1S/C11H12BrClN4/c1-3-4-7-8(12)9(13)16-10(15-7)11-14-5-6-17(11)2/h5-6H,3-4H2,1-2H3. The van der Waals surface area contributed by atoms with E-state index in [0.717, 1.165) is 28.8 Å². The van der Waals surface area contributed by atoms with Crippen molar-refractivity contribution in [1.82, 2.24) is 19.5 Å². The van der Waals surface area contributed by atoms with Crippen LogP contribution in [-0.2, 0) is 13.5 Å². The molecule has 6 heteroatoms. The molecule has 90 valence electrons. The first-order valence-electron chi connectivity index (χ1n) is 5.33. The van der Waals surface area contributed by atoms with Gasteiger partial charge in [-0.25, -0.2) is 15.0 Å². The summed E-state index contributed by atoms with van der Waals surface area (Å²) >= 11 is 9.50. The van der Waals surface area contributed by atoms with Crippen LogP contribution >= 0.6 is 27.5 Å². The maximum atomic E-state index is 6.09. The number of hydrogen-bond acceptors (Lipinski definition) is 3. The highest BCUT2D eigenvalue weighted by Gasteiger charge is 2.13. The van der Waals surface area contributed by atoms with E-state index in [0.29, 0.717) is 11.0 Å². The van der Waals surface area contributed by atoms with E-state index < -0.39 is 0 Å². The van der Waals surface area contributed by atoms with Crippen molar-refractivity contribution in [2.45, 2.75) is 19.8 Å². The lowest BCUT2D eigenvalue weighted by Gasteiger charge is -2.07. The van der Waals surface area contributed by atoms with Gasteiger partial charge in [-0.15, -0.1) is 0 Å². The predicted octanol–water partition coefficient (Wildman–Crippen LogP) is 3.25. The van der Waals surface area contributed by atoms with Gasteiger partial charge in [-0.1, -0.05) is 24.9 Å². The SMILES string of the molecule is CCCc1nc(-c2nccn2C)nc(Cl)c1Br. The summed E-state index contributed by atoms with van der Waals surface area (Å²) in [6.45, 7) is 2.10. The van der Waals surface area contributed by atoms with Gasteiger partial charge in [0.05, 0.1) is 10.2 Å². The highest BCUT2D eigenvalue weighted by atomic mass is 79.9. The molecule has 0 bridgehead atoms. The third-order valence-electron chi connectivity index (χ3n) is 2.39. The Kier molecular flexibility index (Phi) is 3.79. The van der Waals surface area contributed by atoms with Gasteiger partial charge in [0.1, 0.15) is 5.15 Å². The molecule has 0 aliphatic heterocycles. The molecule has 4 nitrogen and oxygen atoms in total. The molecule has 0 N–H and O–H groups in total. The fourth-order valence-corrected chi connectivity index (χ4v) is 2.11. The monoisotopic (exact) mass is 314 g/mol. The highest BCUT2D eigenvalue weighted by Crippen LogP contribution is 2.27. The molecule has 0 radical (unpaired) electrons. The van der Waals surface area contributed by atoms with Gasteiger partial charge < -0.3 is 4.57 Å². The van der Waals surface area contributed by atoms with Crippen LogP contribution in [0.3, 0.4) is 0 Å². The van der Waals surface area contributed by atoms with Crippen molar-refractivity contribution in [3.63, 3.8) is 0 Å². The molecule has 0 aliphatic carbocycles.